The zero-order valence-electron chi connectivity index (χ0n) is 16.8. The predicted octanol–water partition coefficient (Wildman–Crippen LogP) is 2.20. The van der Waals surface area contributed by atoms with Crippen LogP contribution in [0.25, 0.3) is 11.5 Å². The third kappa shape index (κ3) is 4.60. The quantitative estimate of drug-likeness (QED) is 0.524. The van der Waals surface area contributed by atoms with Crippen LogP contribution in [0.4, 0.5) is 4.39 Å². The van der Waals surface area contributed by atoms with E-state index in [-0.39, 0.29) is 22.9 Å². The van der Waals surface area contributed by atoms with Crippen LogP contribution in [0, 0.1) is 5.82 Å². The molecule has 2 aromatic heterocycles. The van der Waals surface area contributed by atoms with Crippen molar-refractivity contribution in [3.8, 4) is 11.5 Å². The lowest BCUT2D eigenvalue weighted by atomic mass is 10.2. The summed E-state index contributed by atoms with van der Waals surface area (Å²) in [5, 5.41) is 7.02. The van der Waals surface area contributed by atoms with E-state index in [1.165, 1.54) is 28.3 Å². The highest BCUT2D eigenvalue weighted by Gasteiger charge is 2.21. The van der Waals surface area contributed by atoms with Crippen molar-refractivity contribution in [2.75, 3.05) is 25.9 Å². The Morgan fingerprint density at radius 2 is 1.90 bits per heavy atom. The van der Waals surface area contributed by atoms with Gasteiger partial charge in [-0.05, 0) is 37.6 Å². The van der Waals surface area contributed by atoms with E-state index in [0.29, 0.717) is 25.3 Å². The predicted molar refractivity (Wildman–Crippen MR) is 112 cm³/mol. The number of nitrogens with zero attached hydrogens (tertiary/aromatic N) is 4. The highest BCUT2D eigenvalue weighted by molar-refractivity contribution is 7.89. The fourth-order valence-electron chi connectivity index (χ4n) is 2.98. The molecule has 2 heterocycles. The van der Waals surface area contributed by atoms with Crippen molar-refractivity contribution in [1.82, 2.24) is 24.0 Å². The molecule has 3 aromatic rings. The smallest absolute Gasteiger partial charge is 0.256 e. The zero-order valence-corrected chi connectivity index (χ0v) is 17.6. The molecule has 0 saturated heterocycles. The molecular weight excluding hydrogens is 409 g/mol. The van der Waals surface area contributed by atoms with Gasteiger partial charge in [0.05, 0.1) is 11.9 Å². The number of hydrogen-bond donors (Lipinski definition) is 1. The molecule has 1 aromatic carbocycles. The third-order valence-electron chi connectivity index (χ3n) is 4.69. The van der Waals surface area contributed by atoms with Crippen LogP contribution in [0.3, 0.4) is 0 Å². The molecule has 0 aliphatic rings. The molecule has 10 heteroatoms. The number of para-hydroxylation sites is 1. The van der Waals surface area contributed by atoms with Crippen LogP contribution < -0.4 is 5.32 Å². The Balaban J connectivity index is 1.78. The Labute approximate surface area is 175 Å². The summed E-state index contributed by atoms with van der Waals surface area (Å²) in [7, 11) is -1.73. The Bertz CT molecular complexity index is 1110. The number of hydrogen-bond acceptors (Lipinski definition) is 4. The van der Waals surface area contributed by atoms with Crippen LogP contribution in [0.2, 0.25) is 0 Å². The highest BCUT2D eigenvalue weighted by atomic mass is 32.2. The summed E-state index contributed by atoms with van der Waals surface area (Å²) < 4.78 is 42.3. The minimum absolute atomic E-state index is 0.0331. The number of halogens is 1. The molecule has 0 radical (unpaired) electrons. The second kappa shape index (κ2) is 9.23. The van der Waals surface area contributed by atoms with Gasteiger partial charge in [-0.1, -0.05) is 12.1 Å². The number of nitrogens with one attached hydrogen (secondary N) is 1. The van der Waals surface area contributed by atoms with Gasteiger partial charge in [-0.15, -0.1) is 0 Å². The van der Waals surface area contributed by atoms with Gasteiger partial charge in [-0.2, -0.15) is 5.10 Å². The van der Waals surface area contributed by atoms with Crippen molar-refractivity contribution in [3.63, 3.8) is 0 Å². The van der Waals surface area contributed by atoms with Crippen LogP contribution in [-0.2, 0) is 10.0 Å². The van der Waals surface area contributed by atoms with Gasteiger partial charge < -0.3 is 9.88 Å². The van der Waals surface area contributed by atoms with E-state index in [9.17, 15) is 17.6 Å². The number of amides is 1. The Morgan fingerprint density at radius 1 is 1.20 bits per heavy atom. The molecule has 1 amide bonds. The van der Waals surface area contributed by atoms with E-state index in [4.69, 9.17) is 0 Å². The first-order chi connectivity index (χ1) is 14.3. The number of carbonyl (C=O) groups is 1. The normalized spacial score (nSPS) is 11.7. The Hall–Kier alpha value is -2.98. The lowest BCUT2D eigenvalue weighted by Crippen LogP contribution is -2.32. The Kier molecular flexibility index (Phi) is 6.68. The standard InChI is InChI=1S/C20H24FN5O3S/c1-3-30(28,29)24(2)12-8-11-22-19(27)16-15-23-26(18-10-5-4-9-17(18)21)20(16)25-13-6-7-14-25/h4-7,9-10,13-15H,3,8,11-12H2,1-2H3,(H,22,27). The molecule has 160 valence electrons. The largest absolute Gasteiger partial charge is 0.352 e. The summed E-state index contributed by atoms with van der Waals surface area (Å²) >= 11 is 0. The van der Waals surface area contributed by atoms with E-state index in [1.54, 1.807) is 54.2 Å². The van der Waals surface area contributed by atoms with Crippen molar-refractivity contribution >= 4 is 15.9 Å². The average Bonchev–Trinajstić information content (AvgIpc) is 3.40. The van der Waals surface area contributed by atoms with Gasteiger partial charge in [0.25, 0.3) is 5.91 Å². The first kappa shape index (κ1) is 21.7. The van der Waals surface area contributed by atoms with Crippen LogP contribution in [-0.4, -0.2) is 58.9 Å². The average molecular weight is 434 g/mol. The minimum atomic E-state index is -3.25. The summed E-state index contributed by atoms with van der Waals surface area (Å²) in [6.07, 6.45) is 5.35. The van der Waals surface area contributed by atoms with E-state index in [1.807, 2.05) is 0 Å². The first-order valence-electron chi connectivity index (χ1n) is 9.53. The van der Waals surface area contributed by atoms with Crippen molar-refractivity contribution in [2.24, 2.45) is 0 Å². The lowest BCUT2D eigenvalue weighted by molar-refractivity contribution is 0.0953. The molecule has 0 atom stereocenters. The van der Waals surface area contributed by atoms with Gasteiger partial charge in [0.15, 0.2) is 5.82 Å². The van der Waals surface area contributed by atoms with Crippen molar-refractivity contribution in [3.05, 3.63) is 66.4 Å². The van der Waals surface area contributed by atoms with Crippen molar-refractivity contribution in [1.29, 1.82) is 0 Å². The van der Waals surface area contributed by atoms with Gasteiger partial charge in [-0.3, -0.25) is 4.79 Å². The zero-order chi connectivity index (χ0) is 21.7. The van der Waals surface area contributed by atoms with Gasteiger partial charge in [-0.25, -0.2) is 21.8 Å². The molecular formula is C20H24FN5O3S. The number of benzene rings is 1. The summed E-state index contributed by atoms with van der Waals surface area (Å²) in [5.41, 5.74) is 0.510. The van der Waals surface area contributed by atoms with Crippen molar-refractivity contribution in [2.45, 2.75) is 13.3 Å². The molecule has 0 saturated carbocycles. The molecule has 0 aliphatic carbocycles. The molecule has 0 aliphatic heterocycles. The molecule has 8 nitrogen and oxygen atoms in total. The maximum absolute atomic E-state index is 14.3. The van der Waals surface area contributed by atoms with Crippen LogP contribution in [0.5, 0.6) is 0 Å². The topological polar surface area (TPSA) is 89.2 Å². The SMILES string of the molecule is CCS(=O)(=O)N(C)CCCNC(=O)c1cnn(-c2ccccc2F)c1-n1cccc1. The maximum Gasteiger partial charge on any atom is 0.256 e. The van der Waals surface area contributed by atoms with Gasteiger partial charge in [0.2, 0.25) is 10.0 Å². The molecule has 3 rings (SSSR count). The molecule has 0 spiro atoms. The number of sulfonamides is 1. The van der Waals surface area contributed by atoms with Crippen LogP contribution in [0.15, 0.2) is 55.0 Å². The van der Waals surface area contributed by atoms with E-state index in [2.05, 4.69) is 10.4 Å². The van der Waals surface area contributed by atoms with Crippen LogP contribution in [0.1, 0.15) is 23.7 Å². The summed E-state index contributed by atoms with van der Waals surface area (Å²) in [4.78, 5) is 12.8. The molecule has 30 heavy (non-hydrogen) atoms. The third-order valence-corrected chi connectivity index (χ3v) is 6.56. The summed E-state index contributed by atoms with van der Waals surface area (Å²) in [6, 6.07) is 9.79. The lowest BCUT2D eigenvalue weighted by Gasteiger charge is -2.16. The second-order valence-corrected chi connectivity index (χ2v) is 9.03. The second-order valence-electron chi connectivity index (χ2n) is 6.67. The molecule has 0 unspecified atom stereocenters. The van der Waals surface area contributed by atoms with Gasteiger partial charge in [0, 0.05) is 32.5 Å². The number of rotatable bonds is 9. The van der Waals surface area contributed by atoms with E-state index in [0.717, 1.165) is 0 Å². The van der Waals surface area contributed by atoms with Crippen LogP contribution >= 0.6 is 0 Å². The summed E-state index contributed by atoms with van der Waals surface area (Å²) in [6.45, 7) is 2.18. The fraction of sp³-hybridized carbons (Fsp3) is 0.300. The maximum atomic E-state index is 14.3. The van der Waals surface area contributed by atoms with Crippen molar-refractivity contribution < 1.29 is 17.6 Å². The first-order valence-corrected chi connectivity index (χ1v) is 11.1. The fourth-order valence-corrected chi connectivity index (χ4v) is 3.83. The van der Waals surface area contributed by atoms with E-state index >= 15 is 0 Å². The van der Waals surface area contributed by atoms with Gasteiger partial charge in [0.1, 0.15) is 17.1 Å². The molecule has 0 bridgehead atoms. The number of aromatic nitrogens is 3. The highest BCUT2D eigenvalue weighted by Crippen LogP contribution is 2.21. The minimum Gasteiger partial charge on any atom is -0.352 e. The molecule has 0 fully saturated rings. The molecule has 1 N–H and O–H groups in total. The Morgan fingerprint density at radius 3 is 2.57 bits per heavy atom. The summed E-state index contributed by atoms with van der Waals surface area (Å²) in [5.74, 6) is -0.387. The number of carbonyl (C=O) groups excluding carboxylic acids is 1. The van der Waals surface area contributed by atoms with Gasteiger partial charge >= 0.3 is 0 Å². The van der Waals surface area contributed by atoms with E-state index < -0.39 is 15.8 Å². The monoisotopic (exact) mass is 433 g/mol.